The number of nitrogen functional groups attached to an aromatic ring is 1. The Morgan fingerprint density at radius 1 is 1.39 bits per heavy atom. The van der Waals surface area contributed by atoms with E-state index in [4.69, 9.17) is 11.5 Å². The quantitative estimate of drug-likeness (QED) is 0.540. The van der Waals surface area contributed by atoms with E-state index >= 15 is 0 Å². The molecule has 1 saturated carbocycles. The van der Waals surface area contributed by atoms with E-state index < -0.39 is 5.91 Å². The lowest BCUT2D eigenvalue weighted by Gasteiger charge is -2.07. The Balaban J connectivity index is 2.00. The molecule has 0 bridgehead atoms. The van der Waals surface area contributed by atoms with E-state index in [2.05, 4.69) is 5.32 Å². The first-order chi connectivity index (χ1) is 8.56. The van der Waals surface area contributed by atoms with E-state index in [-0.39, 0.29) is 11.7 Å². The minimum absolute atomic E-state index is 0.0275. The van der Waals surface area contributed by atoms with Crippen molar-refractivity contribution in [1.29, 1.82) is 0 Å². The number of hydrogen-bond acceptors (Lipinski definition) is 4. The van der Waals surface area contributed by atoms with Crippen LogP contribution in [0.15, 0.2) is 23.1 Å². The lowest BCUT2D eigenvalue weighted by Crippen LogP contribution is -2.27. The summed E-state index contributed by atoms with van der Waals surface area (Å²) in [6.07, 6.45) is 2.11. The molecule has 1 aliphatic carbocycles. The fourth-order valence-electron chi connectivity index (χ4n) is 1.50. The maximum Gasteiger partial charge on any atom is 0.249 e. The van der Waals surface area contributed by atoms with Crippen LogP contribution in [0.4, 0.5) is 5.69 Å². The van der Waals surface area contributed by atoms with Gasteiger partial charge in [0.2, 0.25) is 11.8 Å². The maximum atomic E-state index is 11.6. The molecule has 96 valence electrons. The predicted molar refractivity (Wildman–Crippen MR) is 71.3 cm³/mol. The van der Waals surface area contributed by atoms with Gasteiger partial charge in [-0.25, -0.2) is 0 Å². The summed E-state index contributed by atoms with van der Waals surface area (Å²) in [5.74, 6) is -0.277. The lowest BCUT2D eigenvalue weighted by molar-refractivity contribution is -0.118. The molecule has 2 rings (SSSR count). The number of rotatable bonds is 5. The van der Waals surface area contributed by atoms with Gasteiger partial charge in [0.25, 0.3) is 0 Å². The second-order valence-electron chi connectivity index (χ2n) is 4.25. The molecule has 0 unspecified atom stereocenters. The van der Waals surface area contributed by atoms with Crippen LogP contribution in [-0.2, 0) is 4.79 Å². The molecular formula is C12H15N3O2S. The molecule has 1 aliphatic rings. The molecule has 1 aromatic rings. The standard InChI is InChI=1S/C12H15N3O2S/c13-7-1-4-9(12(14)17)10(5-7)18-6-11(16)15-8-2-3-8/h1,4-5,8H,2-3,6,13H2,(H2,14,17)(H,15,16). The third kappa shape index (κ3) is 3.40. The molecule has 1 aromatic carbocycles. The van der Waals surface area contributed by atoms with Crippen LogP contribution in [0.25, 0.3) is 0 Å². The molecule has 0 spiro atoms. The molecule has 0 saturated heterocycles. The number of benzene rings is 1. The molecule has 0 aliphatic heterocycles. The number of carbonyl (C=O) groups is 2. The second-order valence-corrected chi connectivity index (χ2v) is 5.27. The normalized spacial score (nSPS) is 14.2. The first kappa shape index (κ1) is 12.8. The summed E-state index contributed by atoms with van der Waals surface area (Å²) in [4.78, 5) is 23.4. The number of hydrogen-bond donors (Lipinski definition) is 3. The zero-order valence-electron chi connectivity index (χ0n) is 9.81. The predicted octanol–water partition coefficient (Wildman–Crippen LogP) is 0.738. The monoisotopic (exact) mass is 265 g/mol. The van der Waals surface area contributed by atoms with Crippen LogP contribution < -0.4 is 16.8 Å². The van der Waals surface area contributed by atoms with Gasteiger partial charge in [-0.2, -0.15) is 0 Å². The highest BCUT2D eigenvalue weighted by molar-refractivity contribution is 8.00. The summed E-state index contributed by atoms with van der Waals surface area (Å²) >= 11 is 1.27. The molecule has 5 nitrogen and oxygen atoms in total. The topological polar surface area (TPSA) is 98.2 Å². The summed E-state index contributed by atoms with van der Waals surface area (Å²) in [7, 11) is 0. The van der Waals surface area contributed by atoms with Crippen molar-refractivity contribution >= 4 is 29.3 Å². The number of nitrogens with two attached hydrogens (primary N) is 2. The van der Waals surface area contributed by atoms with Crippen molar-refractivity contribution in [3.63, 3.8) is 0 Å². The van der Waals surface area contributed by atoms with Crippen molar-refractivity contribution in [2.75, 3.05) is 11.5 Å². The van der Waals surface area contributed by atoms with Gasteiger partial charge in [0.1, 0.15) is 0 Å². The highest BCUT2D eigenvalue weighted by atomic mass is 32.2. The smallest absolute Gasteiger partial charge is 0.249 e. The van der Waals surface area contributed by atoms with Crippen molar-refractivity contribution in [2.45, 2.75) is 23.8 Å². The average molecular weight is 265 g/mol. The zero-order chi connectivity index (χ0) is 13.1. The van der Waals surface area contributed by atoms with Crippen LogP contribution in [-0.4, -0.2) is 23.6 Å². The van der Waals surface area contributed by atoms with Gasteiger partial charge >= 0.3 is 0 Å². The summed E-state index contributed by atoms with van der Waals surface area (Å²) in [5.41, 5.74) is 11.9. The number of anilines is 1. The van der Waals surface area contributed by atoms with Crippen LogP contribution in [0.1, 0.15) is 23.2 Å². The second kappa shape index (κ2) is 5.30. The van der Waals surface area contributed by atoms with Gasteiger partial charge in [-0.15, -0.1) is 11.8 Å². The van der Waals surface area contributed by atoms with Crippen LogP contribution in [0.3, 0.4) is 0 Å². The minimum atomic E-state index is -0.514. The number of carbonyl (C=O) groups excluding carboxylic acids is 2. The summed E-state index contributed by atoms with van der Waals surface area (Å²) in [6, 6.07) is 5.21. The molecule has 1 fully saturated rings. The van der Waals surface area contributed by atoms with E-state index in [1.807, 2.05) is 0 Å². The first-order valence-electron chi connectivity index (χ1n) is 5.68. The molecule has 6 heteroatoms. The number of amides is 2. The van der Waals surface area contributed by atoms with Gasteiger partial charge in [0.05, 0.1) is 11.3 Å². The highest BCUT2D eigenvalue weighted by Crippen LogP contribution is 2.25. The number of primary amides is 1. The van der Waals surface area contributed by atoms with E-state index in [0.29, 0.717) is 22.2 Å². The Morgan fingerprint density at radius 3 is 2.72 bits per heavy atom. The zero-order valence-corrected chi connectivity index (χ0v) is 10.6. The van der Waals surface area contributed by atoms with Crippen LogP contribution >= 0.6 is 11.8 Å². The Bertz CT molecular complexity index is 486. The van der Waals surface area contributed by atoms with Crippen molar-refractivity contribution in [2.24, 2.45) is 5.73 Å². The SMILES string of the molecule is NC(=O)c1ccc(N)cc1SCC(=O)NC1CC1. The molecule has 5 N–H and O–H groups in total. The van der Waals surface area contributed by atoms with E-state index in [1.54, 1.807) is 18.2 Å². The first-order valence-corrected chi connectivity index (χ1v) is 6.66. The molecule has 0 aromatic heterocycles. The largest absolute Gasteiger partial charge is 0.399 e. The Labute approximate surface area is 109 Å². The highest BCUT2D eigenvalue weighted by Gasteiger charge is 2.23. The molecule has 2 amide bonds. The van der Waals surface area contributed by atoms with Crippen LogP contribution in [0.5, 0.6) is 0 Å². The van der Waals surface area contributed by atoms with Crippen molar-refractivity contribution in [1.82, 2.24) is 5.32 Å². The van der Waals surface area contributed by atoms with Gasteiger partial charge in [0.15, 0.2) is 0 Å². The molecular weight excluding hydrogens is 250 g/mol. The van der Waals surface area contributed by atoms with Gasteiger partial charge in [0, 0.05) is 16.6 Å². The summed E-state index contributed by atoms with van der Waals surface area (Å²) in [5, 5.41) is 2.88. The summed E-state index contributed by atoms with van der Waals surface area (Å²) in [6.45, 7) is 0. The van der Waals surface area contributed by atoms with Crippen molar-refractivity contribution in [3.05, 3.63) is 23.8 Å². The molecule has 0 heterocycles. The molecule has 0 atom stereocenters. The van der Waals surface area contributed by atoms with Crippen molar-refractivity contribution in [3.8, 4) is 0 Å². The Morgan fingerprint density at radius 2 is 2.11 bits per heavy atom. The van der Waals surface area contributed by atoms with E-state index in [9.17, 15) is 9.59 Å². The average Bonchev–Trinajstić information content (AvgIpc) is 3.10. The Hall–Kier alpha value is -1.69. The van der Waals surface area contributed by atoms with Crippen LogP contribution in [0.2, 0.25) is 0 Å². The fourth-order valence-corrected chi connectivity index (χ4v) is 2.42. The molecule has 0 radical (unpaired) electrons. The van der Waals surface area contributed by atoms with Gasteiger partial charge in [-0.05, 0) is 31.0 Å². The van der Waals surface area contributed by atoms with Crippen molar-refractivity contribution < 1.29 is 9.59 Å². The lowest BCUT2D eigenvalue weighted by atomic mass is 10.2. The van der Waals surface area contributed by atoms with Gasteiger partial charge in [-0.1, -0.05) is 0 Å². The Kier molecular flexibility index (Phi) is 3.76. The maximum absolute atomic E-state index is 11.6. The van der Waals surface area contributed by atoms with Crippen LogP contribution in [0, 0.1) is 0 Å². The third-order valence-electron chi connectivity index (χ3n) is 2.57. The number of thioether (sulfide) groups is 1. The van der Waals surface area contributed by atoms with E-state index in [1.165, 1.54) is 11.8 Å². The summed E-state index contributed by atoms with van der Waals surface area (Å²) < 4.78 is 0. The minimum Gasteiger partial charge on any atom is -0.399 e. The van der Waals surface area contributed by atoms with Gasteiger partial charge in [-0.3, -0.25) is 9.59 Å². The fraction of sp³-hybridized carbons (Fsp3) is 0.333. The van der Waals surface area contributed by atoms with E-state index in [0.717, 1.165) is 12.8 Å². The van der Waals surface area contributed by atoms with Gasteiger partial charge < -0.3 is 16.8 Å². The molecule has 18 heavy (non-hydrogen) atoms. The number of nitrogens with one attached hydrogen (secondary N) is 1. The third-order valence-corrected chi connectivity index (χ3v) is 3.63.